The summed E-state index contributed by atoms with van der Waals surface area (Å²) in [4.78, 5) is 1.62. The lowest BCUT2D eigenvalue weighted by Gasteiger charge is -2.30. The Morgan fingerprint density at radius 3 is 2.64 bits per heavy atom. The summed E-state index contributed by atoms with van der Waals surface area (Å²) in [5.74, 6) is 1.74. The highest BCUT2D eigenvalue weighted by molar-refractivity contribution is 5.85. The molecule has 0 radical (unpaired) electrons. The van der Waals surface area contributed by atoms with Crippen molar-refractivity contribution in [3.8, 4) is 0 Å². The van der Waals surface area contributed by atoms with Gasteiger partial charge in [0.05, 0.1) is 32.4 Å². The molecule has 1 N–H and O–H groups in total. The van der Waals surface area contributed by atoms with E-state index in [4.69, 9.17) is 4.42 Å². The van der Waals surface area contributed by atoms with Gasteiger partial charge in [-0.2, -0.15) is 5.10 Å². The van der Waals surface area contributed by atoms with Crippen LogP contribution in [0.3, 0.4) is 0 Å². The van der Waals surface area contributed by atoms with Gasteiger partial charge < -0.3 is 9.32 Å². The second kappa shape index (κ2) is 7.11. The molecule has 3 aromatic rings. The number of benzene rings is 2. The first-order valence-corrected chi connectivity index (χ1v) is 8.93. The fourth-order valence-corrected chi connectivity index (χ4v) is 3.48. The van der Waals surface area contributed by atoms with Crippen LogP contribution in [-0.2, 0) is 6.54 Å². The first kappa shape index (κ1) is 15.9. The summed E-state index contributed by atoms with van der Waals surface area (Å²) in [6, 6.07) is 19.2. The molecule has 1 saturated heterocycles. The summed E-state index contributed by atoms with van der Waals surface area (Å²) >= 11 is 0. The Labute approximate surface area is 148 Å². The Morgan fingerprint density at radius 2 is 1.84 bits per heavy atom. The normalized spacial score (nSPS) is 16.1. The van der Waals surface area contributed by atoms with Crippen LogP contribution in [0.5, 0.6) is 0 Å². The predicted octanol–water partition coefficient (Wildman–Crippen LogP) is 2.48. The first-order chi connectivity index (χ1) is 12.3. The van der Waals surface area contributed by atoms with Crippen molar-refractivity contribution in [2.45, 2.75) is 13.5 Å². The molecule has 0 unspecified atom stereocenters. The Bertz CT molecular complexity index is 870. The van der Waals surface area contributed by atoms with Crippen molar-refractivity contribution in [1.29, 1.82) is 0 Å². The molecule has 1 fully saturated rings. The van der Waals surface area contributed by atoms with Crippen molar-refractivity contribution in [3.05, 3.63) is 71.7 Å². The minimum Gasteiger partial charge on any atom is -0.460 e. The number of furan rings is 1. The zero-order valence-corrected chi connectivity index (χ0v) is 14.6. The van der Waals surface area contributed by atoms with Crippen molar-refractivity contribution >= 4 is 17.0 Å². The van der Waals surface area contributed by atoms with Crippen LogP contribution in [0, 0.1) is 6.92 Å². The maximum atomic E-state index is 5.53. The third-order valence-corrected chi connectivity index (χ3v) is 4.88. The Hall–Kier alpha value is -2.59. The standard InChI is InChI=1S/C21H23N3O/c1-17-9-10-20(25-17)15-22-24-13-11-23(12-14-24)16-19-7-4-6-18-5-2-3-8-21(18)19/h2-10,15H,11-14,16H2,1H3/p+1/b22-15-. The summed E-state index contributed by atoms with van der Waals surface area (Å²) in [7, 11) is 0. The fourth-order valence-electron chi connectivity index (χ4n) is 3.48. The van der Waals surface area contributed by atoms with E-state index in [1.807, 2.05) is 25.3 Å². The van der Waals surface area contributed by atoms with Crippen molar-refractivity contribution in [2.75, 3.05) is 26.2 Å². The molecular weight excluding hydrogens is 310 g/mol. The zero-order chi connectivity index (χ0) is 17.1. The van der Waals surface area contributed by atoms with Gasteiger partial charge in [-0.25, -0.2) is 0 Å². The molecule has 0 atom stereocenters. The van der Waals surface area contributed by atoms with E-state index in [-0.39, 0.29) is 0 Å². The van der Waals surface area contributed by atoms with Crippen LogP contribution >= 0.6 is 0 Å². The van der Waals surface area contributed by atoms with Crippen LogP contribution in [0.25, 0.3) is 10.8 Å². The van der Waals surface area contributed by atoms with Crippen LogP contribution in [-0.4, -0.2) is 37.4 Å². The SMILES string of the molecule is Cc1ccc(/C=N\N2CC[NH+](Cc3cccc4ccccc34)CC2)o1. The summed E-state index contributed by atoms with van der Waals surface area (Å²) in [6.07, 6.45) is 1.82. The number of aryl methyl sites for hydroxylation is 1. The number of hydrazone groups is 1. The van der Waals surface area contributed by atoms with Gasteiger partial charge in [0.25, 0.3) is 0 Å². The summed E-state index contributed by atoms with van der Waals surface area (Å²) < 4.78 is 5.53. The highest BCUT2D eigenvalue weighted by atomic mass is 16.3. The number of fused-ring (bicyclic) bond motifs is 1. The summed E-state index contributed by atoms with van der Waals surface area (Å²) in [5, 5.41) is 9.41. The Kier molecular flexibility index (Phi) is 4.53. The van der Waals surface area contributed by atoms with Crippen molar-refractivity contribution in [3.63, 3.8) is 0 Å². The number of hydrogen-bond acceptors (Lipinski definition) is 3. The fraction of sp³-hybridized carbons (Fsp3) is 0.286. The quantitative estimate of drug-likeness (QED) is 0.744. The van der Waals surface area contributed by atoms with Gasteiger partial charge in [0.2, 0.25) is 0 Å². The molecule has 0 amide bonds. The molecule has 4 nitrogen and oxygen atoms in total. The Morgan fingerprint density at radius 1 is 1.04 bits per heavy atom. The van der Waals surface area contributed by atoms with Gasteiger partial charge >= 0.3 is 0 Å². The van der Waals surface area contributed by atoms with Crippen LogP contribution in [0.4, 0.5) is 0 Å². The maximum absolute atomic E-state index is 5.53. The molecule has 1 aromatic heterocycles. The Balaban J connectivity index is 1.36. The van der Waals surface area contributed by atoms with Crippen LogP contribution in [0.1, 0.15) is 17.1 Å². The van der Waals surface area contributed by atoms with Crippen molar-refractivity contribution in [1.82, 2.24) is 5.01 Å². The number of nitrogens with zero attached hydrogens (tertiary/aromatic N) is 2. The second-order valence-corrected chi connectivity index (χ2v) is 6.71. The largest absolute Gasteiger partial charge is 0.460 e. The number of quaternary nitrogens is 1. The van der Waals surface area contributed by atoms with E-state index >= 15 is 0 Å². The summed E-state index contributed by atoms with van der Waals surface area (Å²) in [6.45, 7) is 7.21. The van der Waals surface area contributed by atoms with Crippen molar-refractivity contribution < 1.29 is 9.32 Å². The van der Waals surface area contributed by atoms with Gasteiger partial charge in [0, 0.05) is 5.56 Å². The average Bonchev–Trinajstić information content (AvgIpc) is 3.07. The summed E-state index contributed by atoms with van der Waals surface area (Å²) in [5.41, 5.74) is 1.44. The molecule has 1 aliphatic heterocycles. The molecule has 0 aliphatic carbocycles. The number of rotatable bonds is 4. The van der Waals surface area contributed by atoms with E-state index in [1.165, 1.54) is 16.3 Å². The second-order valence-electron chi connectivity index (χ2n) is 6.71. The van der Waals surface area contributed by atoms with Gasteiger partial charge in [-0.05, 0) is 29.8 Å². The maximum Gasteiger partial charge on any atom is 0.147 e. The third kappa shape index (κ3) is 3.74. The van der Waals surface area contributed by atoms with Gasteiger partial charge in [0.15, 0.2) is 0 Å². The highest BCUT2D eigenvalue weighted by Gasteiger charge is 2.19. The number of hydrogen-bond donors (Lipinski definition) is 1. The molecule has 0 bridgehead atoms. The molecule has 4 heteroatoms. The molecule has 2 heterocycles. The molecule has 2 aromatic carbocycles. The minimum absolute atomic E-state index is 0.822. The first-order valence-electron chi connectivity index (χ1n) is 8.93. The zero-order valence-electron chi connectivity index (χ0n) is 14.6. The van der Waals surface area contributed by atoms with Crippen LogP contribution in [0.15, 0.2) is 64.1 Å². The van der Waals surface area contributed by atoms with Gasteiger partial charge in [0.1, 0.15) is 18.1 Å². The topological polar surface area (TPSA) is 33.2 Å². The highest BCUT2D eigenvalue weighted by Crippen LogP contribution is 2.17. The predicted molar refractivity (Wildman–Crippen MR) is 101 cm³/mol. The average molecular weight is 334 g/mol. The van der Waals surface area contributed by atoms with E-state index < -0.39 is 0 Å². The molecule has 128 valence electrons. The van der Waals surface area contributed by atoms with E-state index in [0.717, 1.165) is 44.2 Å². The van der Waals surface area contributed by atoms with E-state index in [1.54, 1.807) is 4.90 Å². The van der Waals surface area contributed by atoms with E-state index in [0.29, 0.717) is 0 Å². The number of piperazine rings is 1. The molecule has 0 spiro atoms. The molecule has 4 rings (SSSR count). The van der Waals surface area contributed by atoms with E-state index in [2.05, 4.69) is 52.6 Å². The molecule has 25 heavy (non-hydrogen) atoms. The molecule has 0 saturated carbocycles. The van der Waals surface area contributed by atoms with Crippen molar-refractivity contribution in [2.24, 2.45) is 5.10 Å². The minimum atomic E-state index is 0.822. The monoisotopic (exact) mass is 334 g/mol. The lowest BCUT2D eigenvalue weighted by atomic mass is 10.0. The van der Waals surface area contributed by atoms with E-state index in [9.17, 15) is 0 Å². The van der Waals surface area contributed by atoms with Crippen LogP contribution in [0.2, 0.25) is 0 Å². The van der Waals surface area contributed by atoms with Crippen LogP contribution < -0.4 is 4.90 Å². The lowest BCUT2D eigenvalue weighted by molar-refractivity contribution is -0.918. The molecule has 1 aliphatic rings. The smallest absolute Gasteiger partial charge is 0.147 e. The van der Waals surface area contributed by atoms with Gasteiger partial charge in [-0.3, -0.25) is 5.01 Å². The van der Waals surface area contributed by atoms with Gasteiger partial charge in [-0.15, -0.1) is 0 Å². The molecular formula is C21H24N3O+. The third-order valence-electron chi connectivity index (χ3n) is 4.88. The number of nitrogens with one attached hydrogen (secondary N) is 1. The lowest BCUT2D eigenvalue weighted by Crippen LogP contribution is -3.13. The van der Waals surface area contributed by atoms with Gasteiger partial charge in [-0.1, -0.05) is 42.5 Å².